The molecule has 2 fully saturated rings. The van der Waals surface area contributed by atoms with Crippen LogP contribution in [0.15, 0.2) is 0 Å². The number of nitrogens with one attached hydrogen (secondary N) is 2. The third-order valence-corrected chi connectivity index (χ3v) is 4.77. The van der Waals surface area contributed by atoms with E-state index in [2.05, 4.69) is 38.3 Å². The van der Waals surface area contributed by atoms with E-state index in [1.54, 1.807) is 0 Å². The predicted molar refractivity (Wildman–Crippen MR) is 83.6 cm³/mol. The number of hydrogen-bond donors (Lipinski definition) is 2. The Balaban J connectivity index is 1.89. The van der Waals surface area contributed by atoms with Gasteiger partial charge in [0, 0.05) is 23.2 Å². The second kappa shape index (κ2) is 6.13. The number of hydrogen-bond acceptors (Lipinski definition) is 2. The van der Waals surface area contributed by atoms with Gasteiger partial charge in [0.15, 0.2) is 0 Å². The average molecular weight is 266 g/mol. The van der Waals surface area contributed by atoms with Gasteiger partial charge >= 0.3 is 0 Å². The first-order chi connectivity index (χ1) is 8.86. The summed E-state index contributed by atoms with van der Waals surface area (Å²) in [6.07, 6.45) is 12.5. The van der Waals surface area contributed by atoms with E-state index >= 15 is 0 Å². The number of piperidine rings is 1. The minimum absolute atomic E-state index is 0.265. The molecule has 2 nitrogen and oxygen atoms in total. The highest BCUT2D eigenvalue weighted by molar-refractivity contribution is 5.00. The summed E-state index contributed by atoms with van der Waals surface area (Å²) in [4.78, 5) is 0. The van der Waals surface area contributed by atoms with Gasteiger partial charge in [-0.25, -0.2) is 0 Å². The highest BCUT2D eigenvalue weighted by Crippen LogP contribution is 2.29. The van der Waals surface area contributed by atoms with Crippen LogP contribution in [0.5, 0.6) is 0 Å². The van der Waals surface area contributed by atoms with Gasteiger partial charge < -0.3 is 10.6 Å². The van der Waals surface area contributed by atoms with Crippen LogP contribution in [-0.4, -0.2) is 23.2 Å². The highest BCUT2D eigenvalue weighted by atomic mass is 15.1. The van der Waals surface area contributed by atoms with Gasteiger partial charge in [-0.2, -0.15) is 0 Å². The number of rotatable bonds is 2. The third-order valence-electron chi connectivity index (χ3n) is 4.77. The summed E-state index contributed by atoms with van der Waals surface area (Å²) in [5, 5.41) is 7.78. The van der Waals surface area contributed by atoms with Gasteiger partial charge in [0.05, 0.1) is 0 Å². The van der Waals surface area contributed by atoms with E-state index in [-0.39, 0.29) is 11.1 Å². The smallest absolute Gasteiger partial charge is 0.0144 e. The summed E-state index contributed by atoms with van der Waals surface area (Å²) in [7, 11) is 0. The van der Waals surface area contributed by atoms with Crippen LogP contribution >= 0.6 is 0 Å². The van der Waals surface area contributed by atoms with Gasteiger partial charge in [0.1, 0.15) is 0 Å². The second-order valence-electron chi connectivity index (χ2n) is 8.21. The van der Waals surface area contributed by atoms with Crippen molar-refractivity contribution in [2.24, 2.45) is 0 Å². The monoisotopic (exact) mass is 266 g/mol. The summed E-state index contributed by atoms with van der Waals surface area (Å²) in [6.45, 7) is 9.39. The van der Waals surface area contributed by atoms with Crippen LogP contribution in [0.25, 0.3) is 0 Å². The van der Waals surface area contributed by atoms with Crippen molar-refractivity contribution >= 4 is 0 Å². The Morgan fingerprint density at radius 2 is 1.21 bits per heavy atom. The minimum atomic E-state index is 0.265. The Morgan fingerprint density at radius 3 is 1.74 bits per heavy atom. The maximum absolute atomic E-state index is 4.00. The normalized spacial score (nSPS) is 29.7. The molecule has 1 heterocycles. The molecule has 2 heteroatoms. The Bertz CT molecular complexity index is 259. The van der Waals surface area contributed by atoms with E-state index in [1.165, 1.54) is 57.8 Å². The molecule has 0 atom stereocenters. The molecule has 2 aliphatic rings. The molecule has 1 aliphatic heterocycles. The molecule has 112 valence electrons. The summed E-state index contributed by atoms with van der Waals surface area (Å²) < 4.78 is 0. The van der Waals surface area contributed by atoms with E-state index in [0.717, 1.165) is 6.04 Å². The zero-order chi connectivity index (χ0) is 13.9. The van der Waals surface area contributed by atoms with Gasteiger partial charge in [-0.05, 0) is 53.4 Å². The first kappa shape index (κ1) is 15.3. The minimum Gasteiger partial charge on any atom is -0.311 e. The fourth-order valence-electron chi connectivity index (χ4n) is 4.40. The van der Waals surface area contributed by atoms with Crippen molar-refractivity contribution in [1.29, 1.82) is 0 Å². The molecule has 0 unspecified atom stereocenters. The lowest BCUT2D eigenvalue weighted by atomic mass is 9.79. The van der Waals surface area contributed by atoms with E-state index in [9.17, 15) is 0 Å². The molecule has 0 aromatic heterocycles. The fraction of sp³-hybridized carbons (Fsp3) is 1.00. The van der Waals surface area contributed by atoms with E-state index < -0.39 is 0 Å². The molecule has 2 rings (SSSR count). The molecule has 0 bridgehead atoms. The Kier molecular flexibility index (Phi) is 4.94. The first-order valence-corrected chi connectivity index (χ1v) is 8.42. The quantitative estimate of drug-likeness (QED) is 0.789. The van der Waals surface area contributed by atoms with E-state index in [1.807, 2.05) is 0 Å². The van der Waals surface area contributed by atoms with Crippen LogP contribution in [0.2, 0.25) is 0 Å². The molecule has 0 aromatic rings. The molecule has 0 radical (unpaired) electrons. The zero-order valence-corrected chi connectivity index (χ0v) is 13.5. The van der Waals surface area contributed by atoms with Crippen LogP contribution in [0.1, 0.15) is 85.5 Å². The maximum atomic E-state index is 4.00. The van der Waals surface area contributed by atoms with Gasteiger partial charge in [-0.15, -0.1) is 0 Å². The van der Waals surface area contributed by atoms with Crippen molar-refractivity contribution in [3.8, 4) is 0 Å². The summed E-state index contributed by atoms with van der Waals surface area (Å²) in [5.41, 5.74) is 0.530. The van der Waals surface area contributed by atoms with Crippen LogP contribution in [0.3, 0.4) is 0 Å². The Morgan fingerprint density at radius 1 is 0.737 bits per heavy atom. The molecule has 0 aromatic carbocycles. The van der Waals surface area contributed by atoms with Crippen molar-refractivity contribution in [3.63, 3.8) is 0 Å². The van der Waals surface area contributed by atoms with Crippen molar-refractivity contribution < 1.29 is 0 Å². The SMILES string of the molecule is CC1(C)CC(NC2CCCCCCC2)CC(C)(C)N1. The maximum Gasteiger partial charge on any atom is 0.0144 e. The molecule has 2 N–H and O–H groups in total. The van der Waals surface area contributed by atoms with Crippen molar-refractivity contribution in [2.75, 3.05) is 0 Å². The third kappa shape index (κ3) is 5.07. The lowest BCUT2D eigenvalue weighted by molar-refractivity contribution is 0.136. The summed E-state index contributed by atoms with van der Waals surface area (Å²) >= 11 is 0. The summed E-state index contributed by atoms with van der Waals surface area (Å²) in [6, 6.07) is 1.46. The zero-order valence-electron chi connectivity index (χ0n) is 13.5. The van der Waals surface area contributed by atoms with Crippen molar-refractivity contribution in [1.82, 2.24) is 10.6 Å². The predicted octanol–water partition coefficient (Wildman–Crippen LogP) is 4.00. The largest absolute Gasteiger partial charge is 0.311 e. The average Bonchev–Trinajstić information content (AvgIpc) is 2.16. The lowest BCUT2D eigenvalue weighted by Crippen LogP contribution is -2.62. The summed E-state index contributed by atoms with van der Waals surface area (Å²) in [5.74, 6) is 0. The van der Waals surface area contributed by atoms with Gasteiger partial charge in [-0.1, -0.05) is 32.1 Å². The molecular weight excluding hydrogens is 232 g/mol. The van der Waals surface area contributed by atoms with Crippen LogP contribution < -0.4 is 10.6 Å². The van der Waals surface area contributed by atoms with Crippen molar-refractivity contribution in [2.45, 2.75) is 109 Å². The van der Waals surface area contributed by atoms with E-state index in [0.29, 0.717) is 6.04 Å². The molecule has 1 saturated carbocycles. The first-order valence-electron chi connectivity index (χ1n) is 8.42. The standard InChI is InChI=1S/C17H34N2/c1-16(2)12-15(13-17(3,4)19-16)18-14-10-8-6-5-7-9-11-14/h14-15,18-19H,5-13H2,1-4H3. The molecular formula is C17H34N2. The molecule has 19 heavy (non-hydrogen) atoms. The van der Waals surface area contributed by atoms with Crippen LogP contribution in [-0.2, 0) is 0 Å². The second-order valence-corrected chi connectivity index (χ2v) is 8.21. The van der Waals surface area contributed by atoms with Gasteiger partial charge in [0.2, 0.25) is 0 Å². The van der Waals surface area contributed by atoms with Crippen molar-refractivity contribution in [3.05, 3.63) is 0 Å². The topological polar surface area (TPSA) is 24.1 Å². The van der Waals surface area contributed by atoms with Crippen LogP contribution in [0, 0.1) is 0 Å². The molecule has 0 spiro atoms. The van der Waals surface area contributed by atoms with E-state index in [4.69, 9.17) is 0 Å². The highest BCUT2D eigenvalue weighted by Gasteiger charge is 2.38. The lowest BCUT2D eigenvalue weighted by Gasteiger charge is -2.47. The fourth-order valence-corrected chi connectivity index (χ4v) is 4.40. The Labute approximate surface area is 120 Å². The Hall–Kier alpha value is -0.0800. The molecule has 1 aliphatic carbocycles. The van der Waals surface area contributed by atoms with Crippen LogP contribution in [0.4, 0.5) is 0 Å². The van der Waals surface area contributed by atoms with Gasteiger partial charge in [0.25, 0.3) is 0 Å². The van der Waals surface area contributed by atoms with Gasteiger partial charge in [-0.3, -0.25) is 0 Å². The molecule has 1 saturated heterocycles. The molecule has 0 amide bonds.